The second-order valence-electron chi connectivity index (χ2n) is 6.31. The maximum absolute atomic E-state index is 13.7. The SMILES string of the molecule is CCc1ccc(CN2CCN(Cc3ccccc3F)CC2)cc1. The highest BCUT2D eigenvalue weighted by molar-refractivity contribution is 5.22. The van der Waals surface area contributed by atoms with E-state index in [0.29, 0.717) is 6.54 Å². The Morgan fingerprint density at radius 2 is 1.35 bits per heavy atom. The number of hydrogen-bond donors (Lipinski definition) is 0. The molecule has 23 heavy (non-hydrogen) atoms. The molecule has 1 aliphatic rings. The van der Waals surface area contributed by atoms with Gasteiger partial charge in [-0.15, -0.1) is 0 Å². The zero-order valence-corrected chi connectivity index (χ0v) is 13.8. The van der Waals surface area contributed by atoms with Crippen molar-refractivity contribution in [3.05, 3.63) is 71.0 Å². The van der Waals surface area contributed by atoms with Crippen LogP contribution in [-0.2, 0) is 19.5 Å². The summed E-state index contributed by atoms with van der Waals surface area (Å²) < 4.78 is 13.7. The van der Waals surface area contributed by atoms with E-state index in [2.05, 4.69) is 41.0 Å². The van der Waals surface area contributed by atoms with Gasteiger partial charge in [-0.2, -0.15) is 0 Å². The molecule has 1 heterocycles. The van der Waals surface area contributed by atoms with Crippen molar-refractivity contribution in [1.82, 2.24) is 9.80 Å². The minimum Gasteiger partial charge on any atom is -0.297 e. The van der Waals surface area contributed by atoms with E-state index in [4.69, 9.17) is 0 Å². The molecule has 0 atom stereocenters. The molecule has 0 unspecified atom stereocenters. The van der Waals surface area contributed by atoms with Gasteiger partial charge in [0.15, 0.2) is 0 Å². The summed E-state index contributed by atoms with van der Waals surface area (Å²) >= 11 is 0. The topological polar surface area (TPSA) is 6.48 Å². The molecule has 0 spiro atoms. The van der Waals surface area contributed by atoms with Gasteiger partial charge in [-0.05, 0) is 23.6 Å². The Bertz CT molecular complexity index is 616. The quantitative estimate of drug-likeness (QED) is 0.830. The minimum absolute atomic E-state index is 0.0917. The fourth-order valence-electron chi connectivity index (χ4n) is 3.11. The first-order valence-electron chi connectivity index (χ1n) is 8.50. The molecule has 2 nitrogen and oxygen atoms in total. The van der Waals surface area contributed by atoms with E-state index in [1.165, 1.54) is 11.1 Å². The normalized spacial score (nSPS) is 16.6. The molecule has 0 N–H and O–H groups in total. The molecule has 2 aromatic rings. The molecule has 0 aliphatic carbocycles. The fraction of sp³-hybridized carbons (Fsp3) is 0.400. The summed E-state index contributed by atoms with van der Waals surface area (Å²) in [7, 11) is 0. The summed E-state index contributed by atoms with van der Waals surface area (Å²) in [6.07, 6.45) is 1.09. The van der Waals surface area contributed by atoms with Crippen LogP contribution in [0.25, 0.3) is 0 Å². The van der Waals surface area contributed by atoms with E-state index in [1.54, 1.807) is 12.1 Å². The molecule has 0 radical (unpaired) electrons. The second-order valence-corrected chi connectivity index (χ2v) is 6.31. The van der Waals surface area contributed by atoms with E-state index in [-0.39, 0.29) is 5.82 Å². The number of halogens is 1. The van der Waals surface area contributed by atoms with Crippen molar-refractivity contribution in [2.24, 2.45) is 0 Å². The first-order chi connectivity index (χ1) is 11.2. The van der Waals surface area contributed by atoms with Crippen LogP contribution in [0.2, 0.25) is 0 Å². The van der Waals surface area contributed by atoms with Gasteiger partial charge in [0.25, 0.3) is 0 Å². The third kappa shape index (κ3) is 4.40. The summed E-state index contributed by atoms with van der Waals surface area (Å²) in [5, 5.41) is 0. The average Bonchev–Trinajstić information content (AvgIpc) is 2.59. The molecular formula is C20H25FN2. The Morgan fingerprint density at radius 1 is 0.783 bits per heavy atom. The number of rotatable bonds is 5. The van der Waals surface area contributed by atoms with Crippen LogP contribution in [-0.4, -0.2) is 36.0 Å². The summed E-state index contributed by atoms with van der Waals surface area (Å²) in [6, 6.07) is 16.0. The highest BCUT2D eigenvalue weighted by Gasteiger charge is 2.18. The molecule has 1 saturated heterocycles. The van der Waals surface area contributed by atoms with Crippen molar-refractivity contribution in [1.29, 1.82) is 0 Å². The van der Waals surface area contributed by atoms with E-state index in [0.717, 1.165) is 44.7 Å². The van der Waals surface area contributed by atoms with Gasteiger partial charge >= 0.3 is 0 Å². The van der Waals surface area contributed by atoms with Gasteiger partial charge < -0.3 is 0 Å². The molecule has 3 rings (SSSR count). The van der Waals surface area contributed by atoms with Crippen LogP contribution < -0.4 is 0 Å². The summed E-state index contributed by atoms with van der Waals surface area (Å²) in [4.78, 5) is 4.83. The van der Waals surface area contributed by atoms with Gasteiger partial charge in [0.05, 0.1) is 0 Å². The Kier molecular flexibility index (Phi) is 5.42. The standard InChI is InChI=1S/C20H25FN2/c1-2-17-7-9-18(10-8-17)15-22-11-13-23(14-12-22)16-19-5-3-4-6-20(19)21/h3-10H,2,11-16H2,1H3. The second kappa shape index (κ2) is 7.71. The van der Waals surface area contributed by atoms with Crippen molar-refractivity contribution in [2.75, 3.05) is 26.2 Å². The lowest BCUT2D eigenvalue weighted by Crippen LogP contribution is -2.45. The van der Waals surface area contributed by atoms with Gasteiger partial charge in [-0.1, -0.05) is 49.4 Å². The maximum atomic E-state index is 13.7. The predicted octanol–water partition coefficient (Wildman–Crippen LogP) is 3.71. The Balaban J connectivity index is 1.49. The van der Waals surface area contributed by atoms with Crippen molar-refractivity contribution >= 4 is 0 Å². The Labute approximate surface area is 138 Å². The Hall–Kier alpha value is -1.71. The zero-order chi connectivity index (χ0) is 16.1. The molecule has 0 amide bonds. The van der Waals surface area contributed by atoms with Crippen LogP contribution in [0.3, 0.4) is 0 Å². The van der Waals surface area contributed by atoms with Crippen LogP contribution >= 0.6 is 0 Å². The van der Waals surface area contributed by atoms with Crippen molar-refractivity contribution in [3.8, 4) is 0 Å². The number of aryl methyl sites for hydroxylation is 1. The lowest BCUT2D eigenvalue weighted by Gasteiger charge is -2.34. The molecule has 0 aromatic heterocycles. The van der Waals surface area contributed by atoms with Gasteiger partial charge in [-0.25, -0.2) is 4.39 Å². The molecule has 122 valence electrons. The number of piperazine rings is 1. The summed E-state index contributed by atoms with van der Waals surface area (Å²) in [5.74, 6) is -0.0917. The molecule has 3 heteroatoms. The van der Waals surface area contributed by atoms with Crippen molar-refractivity contribution < 1.29 is 4.39 Å². The molecule has 0 bridgehead atoms. The first kappa shape index (κ1) is 16.2. The van der Waals surface area contributed by atoms with E-state index in [9.17, 15) is 4.39 Å². The van der Waals surface area contributed by atoms with Crippen LogP contribution in [0.5, 0.6) is 0 Å². The minimum atomic E-state index is -0.0917. The predicted molar refractivity (Wildman–Crippen MR) is 92.8 cm³/mol. The largest absolute Gasteiger partial charge is 0.297 e. The number of benzene rings is 2. The highest BCUT2D eigenvalue weighted by Crippen LogP contribution is 2.14. The van der Waals surface area contributed by atoms with Crippen molar-refractivity contribution in [3.63, 3.8) is 0 Å². The third-order valence-electron chi connectivity index (χ3n) is 4.65. The smallest absolute Gasteiger partial charge is 0.127 e. The lowest BCUT2D eigenvalue weighted by atomic mass is 10.1. The highest BCUT2D eigenvalue weighted by atomic mass is 19.1. The fourth-order valence-corrected chi connectivity index (χ4v) is 3.11. The van der Waals surface area contributed by atoms with Crippen LogP contribution in [0.1, 0.15) is 23.6 Å². The van der Waals surface area contributed by atoms with E-state index >= 15 is 0 Å². The first-order valence-corrected chi connectivity index (χ1v) is 8.50. The zero-order valence-electron chi connectivity index (χ0n) is 13.8. The molecular weight excluding hydrogens is 287 g/mol. The monoisotopic (exact) mass is 312 g/mol. The van der Waals surface area contributed by atoms with Gasteiger partial charge in [0.1, 0.15) is 5.82 Å². The number of nitrogens with zero attached hydrogens (tertiary/aromatic N) is 2. The van der Waals surface area contributed by atoms with Gasteiger partial charge in [0, 0.05) is 44.8 Å². The summed E-state index contributed by atoms with van der Waals surface area (Å²) in [6.45, 7) is 8.00. The van der Waals surface area contributed by atoms with E-state index < -0.39 is 0 Å². The third-order valence-corrected chi connectivity index (χ3v) is 4.65. The Morgan fingerprint density at radius 3 is 1.96 bits per heavy atom. The molecule has 1 aliphatic heterocycles. The van der Waals surface area contributed by atoms with Crippen molar-refractivity contribution in [2.45, 2.75) is 26.4 Å². The lowest BCUT2D eigenvalue weighted by molar-refractivity contribution is 0.121. The molecule has 1 fully saturated rings. The van der Waals surface area contributed by atoms with Gasteiger partial charge in [-0.3, -0.25) is 9.80 Å². The van der Waals surface area contributed by atoms with Crippen LogP contribution in [0.15, 0.2) is 48.5 Å². The molecule has 2 aromatic carbocycles. The van der Waals surface area contributed by atoms with Crippen LogP contribution in [0.4, 0.5) is 4.39 Å². The number of hydrogen-bond acceptors (Lipinski definition) is 2. The molecule has 0 saturated carbocycles. The van der Waals surface area contributed by atoms with Gasteiger partial charge in [0.2, 0.25) is 0 Å². The average molecular weight is 312 g/mol. The van der Waals surface area contributed by atoms with E-state index in [1.807, 2.05) is 12.1 Å². The maximum Gasteiger partial charge on any atom is 0.127 e. The summed E-state index contributed by atoms with van der Waals surface area (Å²) in [5.41, 5.74) is 3.57. The van der Waals surface area contributed by atoms with Crippen LogP contribution in [0, 0.1) is 5.82 Å².